The van der Waals surface area contributed by atoms with Crippen molar-refractivity contribution in [3.63, 3.8) is 0 Å². The predicted molar refractivity (Wildman–Crippen MR) is 95.9 cm³/mol. The SMILES string of the molecule is CSc1ccc(CC(=O)N(C)Cc2nc(-c3cccnc3)no2)cc1. The van der Waals surface area contributed by atoms with E-state index in [0.29, 0.717) is 18.1 Å². The van der Waals surface area contributed by atoms with Crippen LogP contribution in [0.4, 0.5) is 0 Å². The zero-order valence-corrected chi connectivity index (χ0v) is 14.9. The number of pyridine rings is 1. The molecule has 0 aliphatic carbocycles. The molecule has 0 aliphatic heterocycles. The highest BCUT2D eigenvalue weighted by molar-refractivity contribution is 7.98. The van der Waals surface area contributed by atoms with Gasteiger partial charge >= 0.3 is 0 Å². The highest BCUT2D eigenvalue weighted by Crippen LogP contribution is 2.16. The normalized spacial score (nSPS) is 10.6. The quantitative estimate of drug-likeness (QED) is 0.634. The number of carbonyl (C=O) groups is 1. The summed E-state index contributed by atoms with van der Waals surface area (Å²) < 4.78 is 5.23. The van der Waals surface area contributed by atoms with E-state index in [-0.39, 0.29) is 12.5 Å². The predicted octanol–water partition coefficient (Wildman–Crippen LogP) is 3.05. The number of nitrogens with zero attached hydrogens (tertiary/aromatic N) is 4. The molecule has 0 fully saturated rings. The topological polar surface area (TPSA) is 72.1 Å². The van der Waals surface area contributed by atoms with Gasteiger partial charge in [0.25, 0.3) is 0 Å². The van der Waals surface area contributed by atoms with E-state index in [0.717, 1.165) is 11.1 Å². The summed E-state index contributed by atoms with van der Waals surface area (Å²) in [5.41, 5.74) is 1.76. The van der Waals surface area contributed by atoms with E-state index in [1.165, 1.54) is 4.90 Å². The van der Waals surface area contributed by atoms with Crippen LogP contribution in [0, 0.1) is 0 Å². The first-order valence-electron chi connectivity index (χ1n) is 7.75. The molecule has 25 heavy (non-hydrogen) atoms. The molecule has 0 atom stereocenters. The van der Waals surface area contributed by atoms with Gasteiger partial charge in [-0.25, -0.2) is 0 Å². The first-order valence-corrected chi connectivity index (χ1v) is 8.98. The molecule has 7 heteroatoms. The summed E-state index contributed by atoms with van der Waals surface area (Å²) >= 11 is 1.68. The Balaban J connectivity index is 1.60. The van der Waals surface area contributed by atoms with Gasteiger partial charge in [0.15, 0.2) is 0 Å². The van der Waals surface area contributed by atoms with Crippen molar-refractivity contribution in [3.05, 3.63) is 60.2 Å². The second kappa shape index (κ2) is 7.94. The van der Waals surface area contributed by atoms with Crippen LogP contribution in [0.2, 0.25) is 0 Å². The van der Waals surface area contributed by atoms with E-state index in [1.54, 1.807) is 36.1 Å². The van der Waals surface area contributed by atoms with Gasteiger partial charge in [0.2, 0.25) is 17.6 Å². The van der Waals surface area contributed by atoms with Crippen molar-refractivity contribution in [2.75, 3.05) is 13.3 Å². The smallest absolute Gasteiger partial charge is 0.246 e. The average Bonchev–Trinajstić information content (AvgIpc) is 3.11. The van der Waals surface area contributed by atoms with E-state index in [9.17, 15) is 4.79 Å². The Morgan fingerprint density at radius 3 is 2.72 bits per heavy atom. The fourth-order valence-corrected chi connectivity index (χ4v) is 2.68. The Labute approximate surface area is 150 Å². The number of thioether (sulfide) groups is 1. The third kappa shape index (κ3) is 4.45. The number of likely N-dealkylation sites (N-methyl/N-ethyl adjacent to an activating group) is 1. The molecule has 3 aromatic rings. The van der Waals surface area contributed by atoms with Crippen molar-refractivity contribution >= 4 is 17.7 Å². The van der Waals surface area contributed by atoms with Crippen molar-refractivity contribution in [2.45, 2.75) is 17.9 Å². The van der Waals surface area contributed by atoms with Gasteiger partial charge in [-0.3, -0.25) is 9.78 Å². The summed E-state index contributed by atoms with van der Waals surface area (Å²) in [6.45, 7) is 0.273. The Hall–Kier alpha value is -2.67. The zero-order valence-electron chi connectivity index (χ0n) is 14.0. The Morgan fingerprint density at radius 1 is 1.24 bits per heavy atom. The van der Waals surface area contributed by atoms with Crippen molar-refractivity contribution in [1.29, 1.82) is 0 Å². The molecular weight excluding hydrogens is 336 g/mol. The number of rotatable bonds is 6. The minimum absolute atomic E-state index is 0.00182. The molecule has 3 rings (SSSR count). The lowest BCUT2D eigenvalue weighted by Gasteiger charge is -2.14. The standard InChI is InChI=1S/C18H18N4O2S/c1-22(17(23)10-13-5-7-15(25-2)8-6-13)12-16-20-18(21-24-16)14-4-3-9-19-11-14/h3-9,11H,10,12H2,1-2H3. The first-order chi connectivity index (χ1) is 12.2. The molecule has 6 nitrogen and oxygen atoms in total. The summed E-state index contributed by atoms with van der Waals surface area (Å²) in [6.07, 6.45) is 5.72. The number of hydrogen-bond acceptors (Lipinski definition) is 6. The van der Waals surface area contributed by atoms with Gasteiger partial charge in [0.1, 0.15) is 0 Å². The molecule has 1 aromatic carbocycles. The van der Waals surface area contributed by atoms with Crippen LogP contribution in [-0.2, 0) is 17.8 Å². The highest BCUT2D eigenvalue weighted by atomic mass is 32.2. The largest absolute Gasteiger partial charge is 0.337 e. The minimum atomic E-state index is -0.00182. The van der Waals surface area contributed by atoms with E-state index < -0.39 is 0 Å². The molecular formula is C18H18N4O2S. The summed E-state index contributed by atoms with van der Waals surface area (Å²) in [6, 6.07) is 11.7. The lowest BCUT2D eigenvalue weighted by molar-refractivity contribution is -0.130. The van der Waals surface area contributed by atoms with Crippen molar-refractivity contribution in [2.24, 2.45) is 0 Å². The molecule has 128 valence electrons. The second-order valence-corrected chi connectivity index (χ2v) is 6.41. The van der Waals surface area contributed by atoms with Gasteiger partial charge in [0.05, 0.1) is 13.0 Å². The van der Waals surface area contributed by atoms with Crippen LogP contribution in [0.25, 0.3) is 11.4 Å². The van der Waals surface area contributed by atoms with Crippen LogP contribution >= 0.6 is 11.8 Å². The number of hydrogen-bond donors (Lipinski definition) is 0. The molecule has 0 bridgehead atoms. The van der Waals surface area contributed by atoms with Crippen molar-refractivity contribution in [3.8, 4) is 11.4 Å². The van der Waals surface area contributed by atoms with Crippen LogP contribution in [0.3, 0.4) is 0 Å². The third-order valence-electron chi connectivity index (χ3n) is 3.70. The van der Waals surface area contributed by atoms with Crippen LogP contribution in [0.5, 0.6) is 0 Å². The van der Waals surface area contributed by atoms with Crippen LogP contribution in [-0.4, -0.2) is 39.2 Å². The summed E-state index contributed by atoms with van der Waals surface area (Å²) in [7, 11) is 1.73. The molecule has 0 spiro atoms. The minimum Gasteiger partial charge on any atom is -0.337 e. The Bertz CT molecular complexity index is 834. The maximum atomic E-state index is 12.4. The maximum absolute atomic E-state index is 12.4. The summed E-state index contributed by atoms with van der Waals surface area (Å²) in [5, 5.41) is 3.94. The van der Waals surface area contributed by atoms with Crippen LogP contribution in [0.15, 0.2) is 58.2 Å². The molecule has 0 aliphatic rings. The molecule has 0 radical (unpaired) electrons. The molecule has 1 amide bonds. The number of amides is 1. The van der Waals surface area contributed by atoms with E-state index in [4.69, 9.17) is 4.52 Å². The van der Waals surface area contributed by atoms with Crippen LogP contribution < -0.4 is 0 Å². The monoisotopic (exact) mass is 354 g/mol. The van der Waals surface area contributed by atoms with E-state index >= 15 is 0 Å². The van der Waals surface area contributed by atoms with Crippen molar-refractivity contribution in [1.82, 2.24) is 20.0 Å². The number of carbonyl (C=O) groups excluding carboxylic acids is 1. The Morgan fingerprint density at radius 2 is 2.04 bits per heavy atom. The first kappa shape index (κ1) is 17.2. The van der Waals surface area contributed by atoms with Gasteiger partial charge in [-0.2, -0.15) is 4.98 Å². The molecule has 2 heterocycles. The van der Waals surface area contributed by atoms with Crippen molar-refractivity contribution < 1.29 is 9.32 Å². The molecule has 0 saturated heterocycles. The zero-order chi connectivity index (χ0) is 17.6. The van der Waals surface area contributed by atoms with E-state index in [2.05, 4.69) is 15.1 Å². The van der Waals surface area contributed by atoms with Gasteiger partial charge in [-0.1, -0.05) is 17.3 Å². The third-order valence-corrected chi connectivity index (χ3v) is 4.44. The van der Waals surface area contributed by atoms with Gasteiger partial charge in [-0.15, -0.1) is 11.8 Å². The molecule has 0 saturated carbocycles. The summed E-state index contributed by atoms with van der Waals surface area (Å²) in [5.74, 6) is 0.863. The van der Waals surface area contributed by atoms with Gasteiger partial charge in [-0.05, 0) is 36.1 Å². The maximum Gasteiger partial charge on any atom is 0.246 e. The molecule has 0 N–H and O–H groups in total. The van der Waals surface area contributed by atoms with Gasteiger partial charge in [0, 0.05) is 29.9 Å². The fraction of sp³-hybridized carbons (Fsp3) is 0.222. The van der Waals surface area contributed by atoms with E-state index in [1.807, 2.05) is 42.7 Å². The van der Waals surface area contributed by atoms with Crippen LogP contribution in [0.1, 0.15) is 11.5 Å². The average molecular weight is 354 g/mol. The molecule has 0 unspecified atom stereocenters. The highest BCUT2D eigenvalue weighted by Gasteiger charge is 2.15. The summed E-state index contributed by atoms with van der Waals surface area (Å²) in [4.78, 5) is 23.5. The number of aromatic nitrogens is 3. The fourth-order valence-electron chi connectivity index (χ4n) is 2.28. The Kier molecular flexibility index (Phi) is 5.45. The lowest BCUT2D eigenvalue weighted by atomic mass is 10.1. The lowest BCUT2D eigenvalue weighted by Crippen LogP contribution is -2.27. The number of benzene rings is 1. The van der Waals surface area contributed by atoms with Gasteiger partial charge < -0.3 is 9.42 Å². The second-order valence-electron chi connectivity index (χ2n) is 5.53. The molecule has 2 aromatic heterocycles.